The van der Waals surface area contributed by atoms with Crippen LogP contribution < -0.4 is 0 Å². The minimum absolute atomic E-state index is 0.935. The summed E-state index contributed by atoms with van der Waals surface area (Å²) in [6.45, 7) is 8.27. The molecule has 1 aromatic carbocycles. The average molecular weight is 350 g/mol. The summed E-state index contributed by atoms with van der Waals surface area (Å²) in [6, 6.07) is 12.8. The molecule has 136 valence electrons. The molecule has 4 rings (SSSR count). The Balaban J connectivity index is 1.34. The molecule has 26 heavy (non-hydrogen) atoms. The third-order valence-corrected chi connectivity index (χ3v) is 5.11. The molecule has 5 heteroatoms. The second kappa shape index (κ2) is 7.48. The molecular formula is C21H26N4O. The van der Waals surface area contributed by atoms with Crippen molar-refractivity contribution in [2.24, 2.45) is 7.05 Å². The predicted octanol–water partition coefficient (Wildman–Crippen LogP) is 3.31. The molecule has 0 unspecified atom stereocenters. The van der Waals surface area contributed by atoms with Crippen LogP contribution in [0.1, 0.15) is 17.1 Å². The largest absolute Gasteiger partial charge is 0.461 e. The van der Waals surface area contributed by atoms with Gasteiger partial charge in [0, 0.05) is 57.7 Å². The van der Waals surface area contributed by atoms with E-state index in [-0.39, 0.29) is 0 Å². The monoisotopic (exact) mass is 350 g/mol. The van der Waals surface area contributed by atoms with Crippen molar-refractivity contribution >= 4 is 0 Å². The van der Waals surface area contributed by atoms with Gasteiger partial charge in [-0.2, -0.15) is 0 Å². The van der Waals surface area contributed by atoms with Crippen LogP contribution in [0.3, 0.4) is 0 Å². The lowest BCUT2D eigenvalue weighted by atomic mass is 10.1. The van der Waals surface area contributed by atoms with Crippen molar-refractivity contribution < 1.29 is 4.42 Å². The average Bonchev–Trinajstić information content (AvgIpc) is 3.26. The highest BCUT2D eigenvalue weighted by atomic mass is 16.3. The van der Waals surface area contributed by atoms with Gasteiger partial charge in [0.2, 0.25) is 0 Å². The fourth-order valence-electron chi connectivity index (χ4n) is 3.53. The third kappa shape index (κ3) is 3.89. The minimum atomic E-state index is 0.935. The molecule has 0 saturated carbocycles. The first-order chi connectivity index (χ1) is 12.7. The van der Waals surface area contributed by atoms with Gasteiger partial charge in [-0.05, 0) is 30.7 Å². The number of nitrogens with zero attached hydrogens (tertiary/aromatic N) is 4. The van der Waals surface area contributed by atoms with Crippen LogP contribution in [0.5, 0.6) is 0 Å². The summed E-state index contributed by atoms with van der Waals surface area (Å²) >= 11 is 0. The maximum Gasteiger partial charge on any atom is 0.134 e. The first-order valence-corrected chi connectivity index (χ1v) is 9.24. The lowest BCUT2D eigenvalue weighted by Gasteiger charge is -2.34. The van der Waals surface area contributed by atoms with E-state index in [1.165, 1.54) is 5.56 Å². The summed E-state index contributed by atoms with van der Waals surface area (Å²) in [4.78, 5) is 9.45. The van der Waals surface area contributed by atoms with Crippen molar-refractivity contribution in [3.63, 3.8) is 0 Å². The summed E-state index contributed by atoms with van der Waals surface area (Å²) in [6.07, 6.45) is 3.89. The van der Waals surface area contributed by atoms with E-state index in [0.717, 1.165) is 62.2 Å². The van der Waals surface area contributed by atoms with E-state index in [0.29, 0.717) is 0 Å². The molecule has 1 aliphatic rings. The van der Waals surface area contributed by atoms with Gasteiger partial charge >= 0.3 is 0 Å². The number of furan rings is 1. The molecule has 0 N–H and O–H groups in total. The molecule has 0 bridgehead atoms. The highest BCUT2D eigenvalue weighted by molar-refractivity contribution is 5.58. The lowest BCUT2D eigenvalue weighted by Crippen LogP contribution is -2.45. The van der Waals surface area contributed by atoms with E-state index in [2.05, 4.69) is 50.7 Å². The van der Waals surface area contributed by atoms with Crippen LogP contribution in [0.15, 0.2) is 53.2 Å². The van der Waals surface area contributed by atoms with Crippen LogP contribution >= 0.6 is 0 Å². The highest BCUT2D eigenvalue weighted by Gasteiger charge is 2.18. The van der Waals surface area contributed by atoms with Crippen molar-refractivity contribution in [2.75, 3.05) is 26.2 Å². The molecular weight excluding hydrogens is 324 g/mol. The second-order valence-corrected chi connectivity index (χ2v) is 7.12. The van der Waals surface area contributed by atoms with E-state index in [1.54, 1.807) is 0 Å². The standard InChI is InChI=1S/C21H26N4O/c1-17-6-7-20(26-17)19-5-3-4-18(14-19)15-24-10-12-25(13-11-24)16-21-22-8-9-23(21)2/h3-9,14H,10-13,15-16H2,1-2H3. The molecule has 0 atom stereocenters. The topological polar surface area (TPSA) is 37.4 Å². The van der Waals surface area contributed by atoms with Gasteiger partial charge in [-0.15, -0.1) is 0 Å². The van der Waals surface area contributed by atoms with E-state index >= 15 is 0 Å². The Morgan fingerprint density at radius 3 is 2.42 bits per heavy atom. The second-order valence-electron chi connectivity index (χ2n) is 7.12. The zero-order valence-electron chi connectivity index (χ0n) is 15.6. The predicted molar refractivity (Wildman–Crippen MR) is 103 cm³/mol. The van der Waals surface area contributed by atoms with Crippen LogP contribution in [0.4, 0.5) is 0 Å². The van der Waals surface area contributed by atoms with Gasteiger partial charge in [0.25, 0.3) is 0 Å². The summed E-state index contributed by atoms with van der Waals surface area (Å²) in [5.74, 6) is 3.04. The molecule has 0 amide bonds. The smallest absolute Gasteiger partial charge is 0.134 e. The van der Waals surface area contributed by atoms with Crippen LogP contribution in [0, 0.1) is 6.92 Å². The SMILES string of the molecule is Cc1ccc(-c2cccc(CN3CCN(Cc4nccn4C)CC3)c2)o1. The van der Waals surface area contributed by atoms with Gasteiger partial charge in [-0.25, -0.2) is 4.98 Å². The van der Waals surface area contributed by atoms with Crippen molar-refractivity contribution in [3.05, 3.63) is 65.9 Å². The molecule has 5 nitrogen and oxygen atoms in total. The molecule has 1 saturated heterocycles. The van der Waals surface area contributed by atoms with Crippen molar-refractivity contribution in [1.29, 1.82) is 0 Å². The van der Waals surface area contributed by atoms with E-state index in [9.17, 15) is 0 Å². The molecule has 1 fully saturated rings. The zero-order chi connectivity index (χ0) is 17.9. The Labute approximate surface area is 154 Å². The fraction of sp³-hybridized carbons (Fsp3) is 0.381. The van der Waals surface area contributed by atoms with Crippen molar-refractivity contribution in [1.82, 2.24) is 19.4 Å². The number of hydrogen-bond acceptors (Lipinski definition) is 4. The van der Waals surface area contributed by atoms with Crippen LogP contribution in [0.25, 0.3) is 11.3 Å². The van der Waals surface area contributed by atoms with E-state index < -0.39 is 0 Å². The molecule has 2 aromatic heterocycles. The number of rotatable bonds is 5. The van der Waals surface area contributed by atoms with Gasteiger partial charge in [0.05, 0.1) is 6.54 Å². The number of hydrogen-bond donors (Lipinski definition) is 0. The molecule has 0 radical (unpaired) electrons. The van der Waals surface area contributed by atoms with Crippen molar-refractivity contribution in [3.8, 4) is 11.3 Å². The Morgan fingerprint density at radius 1 is 1.00 bits per heavy atom. The normalized spacial score (nSPS) is 16.2. The van der Waals surface area contributed by atoms with E-state index in [4.69, 9.17) is 4.42 Å². The van der Waals surface area contributed by atoms with Gasteiger partial charge in [0.15, 0.2) is 0 Å². The zero-order valence-corrected chi connectivity index (χ0v) is 15.6. The Hall–Kier alpha value is -2.37. The maximum atomic E-state index is 5.76. The van der Waals surface area contributed by atoms with Crippen LogP contribution in [-0.2, 0) is 20.1 Å². The molecule has 3 heterocycles. The Kier molecular flexibility index (Phi) is 4.91. The number of imidazole rings is 1. The Bertz CT molecular complexity index is 858. The summed E-state index contributed by atoms with van der Waals surface area (Å²) < 4.78 is 7.87. The molecule has 0 aliphatic carbocycles. The van der Waals surface area contributed by atoms with Gasteiger partial charge in [-0.3, -0.25) is 9.80 Å². The van der Waals surface area contributed by atoms with Gasteiger partial charge in [0.1, 0.15) is 17.3 Å². The third-order valence-electron chi connectivity index (χ3n) is 5.11. The molecule has 0 spiro atoms. The molecule has 1 aliphatic heterocycles. The van der Waals surface area contributed by atoms with E-state index in [1.807, 2.05) is 31.5 Å². The fourth-order valence-corrected chi connectivity index (χ4v) is 3.53. The quantitative estimate of drug-likeness (QED) is 0.707. The summed E-state index contributed by atoms with van der Waals surface area (Å²) in [7, 11) is 2.06. The number of piperazine rings is 1. The van der Waals surface area contributed by atoms with Gasteiger partial charge < -0.3 is 8.98 Å². The molecule has 3 aromatic rings. The van der Waals surface area contributed by atoms with Crippen LogP contribution in [-0.4, -0.2) is 45.5 Å². The number of benzene rings is 1. The maximum absolute atomic E-state index is 5.76. The summed E-state index contributed by atoms with van der Waals surface area (Å²) in [5, 5.41) is 0. The highest BCUT2D eigenvalue weighted by Crippen LogP contribution is 2.23. The Morgan fingerprint density at radius 2 is 1.77 bits per heavy atom. The number of aromatic nitrogens is 2. The van der Waals surface area contributed by atoms with Crippen molar-refractivity contribution in [2.45, 2.75) is 20.0 Å². The first kappa shape index (κ1) is 17.1. The minimum Gasteiger partial charge on any atom is -0.461 e. The van der Waals surface area contributed by atoms with Gasteiger partial charge in [-0.1, -0.05) is 18.2 Å². The van der Waals surface area contributed by atoms with Crippen LogP contribution in [0.2, 0.25) is 0 Å². The lowest BCUT2D eigenvalue weighted by molar-refractivity contribution is 0.119. The number of aryl methyl sites for hydroxylation is 2. The summed E-state index contributed by atoms with van der Waals surface area (Å²) in [5.41, 5.74) is 2.50. The first-order valence-electron chi connectivity index (χ1n) is 9.24.